The Labute approximate surface area is 192 Å². The zero-order chi connectivity index (χ0) is 22.3. The van der Waals surface area contributed by atoms with Crippen molar-refractivity contribution in [3.63, 3.8) is 0 Å². The molecule has 0 spiro atoms. The summed E-state index contributed by atoms with van der Waals surface area (Å²) in [5.41, 5.74) is 2.23. The number of rotatable bonds is 7. The van der Waals surface area contributed by atoms with E-state index in [1.807, 2.05) is 34.1 Å². The highest BCUT2D eigenvalue weighted by Crippen LogP contribution is 2.18. The second-order valence-corrected chi connectivity index (χ2v) is 9.14. The Morgan fingerprint density at radius 1 is 0.812 bits per heavy atom. The Morgan fingerprint density at radius 2 is 1.38 bits per heavy atom. The Balaban J connectivity index is 1.20. The normalized spacial score (nSPS) is 15.8. The molecule has 2 aromatic rings. The van der Waals surface area contributed by atoms with Gasteiger partial charge in [-0.15, -0.1) is 0 Å². The second kappa shape index (κ2) is 10.6. The van der Waals surface area contributed by atoms with E-state index in [1.54, 1.807) is 18.3 Å². The van der Waals surface area contributed by atoms with E-state index in [0.717, 1.165) is 57.4 Å². The van der Waals surface area contributed by atoms with Crippen LogP contribution in [-0.2, 0) is 11.3 Å². The van der Waals surface area contributed by atoms with E-state index < -0.39 is 0 Å². The van der Waals surface area contributed by atoms with E-state index in [-0.39, 0.29) is 23.5 Å². The number of thioether (sulfide) groups is 1. The number of hydrogen-bond donors (Lipinski definition) is 1. The van der Waals surface area contributed by atoms with Crippen molar-refractivity contribution in [2.75, 3.05) is 31.9 Å². The maximum atomic E-state index is 12.4. The number of hydrogen-bond acceptors (Lipinski definition) is 5. The first-order valence-corrected chi connectivity index (χ1v) is 12.1. The van der Waals surface area contributed by atoms with Crippen LogP contribution in [0, 0.1) is 0 Å². The molecule has 0 aliphatic carbocycles. The number of amides is 3. The largest absolute Gasteiger partial charge is 0.351 e. The topological polar surface area (TPSA) is 82.6 Å². The molecule has 3 heterocycles. The number of nitrogens with one attached hydrogen (secondary N) is 1. The summed E-state index contributed by atoms with van der Waals surface area (Å²) in [5, 5.41) is 3.61. The molecule has 0 atom stereocenters. The van der Waals surface area contributed by atoms with Crippen LogP contribution < -0.4 is 5.32 Å². The summed E-state index contributed by atoms with van der Waals surface area (Å²) in [4.78, 5) is 45.0. The van der Waals surface area contributed by atoms with Gasteiger partial charge >= 0.3 is 0 Å². The van der Waals surface area contributed by atoms with Crippen LogP contribution in [0.2, 0.25) is 0 Å². The molecule has 168 valence electrons. The zero-order valence-corrected chi connectivity index (χ0v) is 18.9. The van der Waals surface area contributed by atoms with E-state index in [0.29, 0.717) is 22.7 Å². The van der Waals surface area contributed by atoms with Gasteiger partial charge in [0.1, 0.15) is 0 Å². The van der Waals surface area contributed by atoms with Gasteiger partial charge < -0.3 is 15.1 Å². The molecule has 0 bridgehead atoms. The van der Waals surface area contributed by atoms with Gasteiger partial charge in [0.25, 0.3) is 11.8 Å². The first kappa shape index (κ1) is 22.3. The highest BCUT2D eigenvalue weighted by atomic mass is 32.2. The lowest BCUT2D eigenvalue weighted by Gasteiger charge is -2.15. The van der Waals surface area contributed by atoms with Crippen molar-refractivity contribution in [3.05, 3.63) is 59.3 Å². The number of likely N-dealkylation sites (tertiary alicyclic amines) is 2. The van der Waals surface area contributed by atoms with Crippen molar-refractivity contribution in [3.8, 4) is 0 Å². The molecule has 1 aromatic heterocycles. The van der Waals surface area contributed by atoms with Crippen LogP contribution in [0.5, 0.6) is 0 Å². The molecule has 4 rings (SSSR count). The summed E-state index contributed by atoms with van der Waals surface area (Å²) in [6.45, 7) is 3.70. The number of nitrogens with zero attached hydrogens (tertiary/aromatic N) is 3. The monoisotopic (exact) mass is 452 g/mol. The van der Waals surface area contributed by atoms with Gasteiger partial charge in [0.2, 0.25) is 5.91 Å². The molecule has 0 saturated carbocycles. The molecule has 7 nitrogen and oxygen atoms in total. The average Bonchev–Trinajstić information content (AvgIpc) is 3.56. The standard InChI is InChI=1S/C24H28N4O3S/c29-21(17-32-22-10-9-20(16-26-22)24(31)28-13-3-4-14-28)25-15-18-5-7-19(8-6-18)23(30)27-11-1-2-12-27/h5-10,16H,1-4,11-15,17H2,(H,25,29). The quantitative estimate of drug-likeness (QED) is 0.653. The molecule has 2 aliphatic heterocycles. The molecular formula is C24H28N4O3S. The molecule has 3 amide bonds. The predicted octanol–water partition coefficient (Wildman–Crippen LogP) is 2.96. The van der Waals surface area contributed by atoms with Crippen LogP contribution in [0.1, 0.15) is 52.0 Å². The molecule has 1 N–H and O–H groups in total. The third kappa shape index (κ3) is 5.68. The summed E-state index contributed by atoms with van der Waals surface area (Å²) in [5.74, 6) is 0.261. The molecule has 32 heavy (non-hydrogen) atoms. The number of carbonyl (C=O) groups is 3. The number of carbonyl (C=O) groups excluding carboxylic acids is 3. The molecule has 2 fully saturated rings. The first-order valence-electron chi connectivity index (χ1n) is 11.1. The van der Waals surface area contributed by atoms with E-state index in [4.69, 9.17) is 0 Å². The maximum absolute atomic E-state index is 12.4. The summed E-state index contributed by atoms with van der Waals surface area (Å²) < 4.78 is 0. The highest BCUT2D eigenvalue weighted by Gasteiger charge is 2.20. The van der Waals surface area contributed by atoms with Crippen molar-refractivity contribution in [1.82, 2.24) is 20.1 Å². The van der Waals surface area contributed by atoms with Crippen LogP contribution in [-0.4, -0.2) is 64.4 Å². The SMILES string of the molecule is O=C(CSc1ccc(C(=O)N2CCCC2)cn1)NCc1ccc(C(=O)N2CCCC2)cc1. The van der Waals surface area contributed by atoms with E-state index in [9.17, 15) is 14.4 Å². The summed E-state index contributed by atoms with van der Waals surface area (Å²) in [6.07, 6.45) is 5.85. The van der Waals surface area contributed by atoms with Crippen molar-refractivity contribution in [1.29, 1.82) is 0 Å². The van der Waals surface area contributed by atoms with Crippen LogP contribution in [0.4, 0.5) is 0 Å². The first-order chi connectivity index (χ1) is 15.6. The fourth-order valence-electron chi connectivity index (χ4n) is 3.95. The van der Waals surface area contributed by atoms with Gasteiger partial charge in [0, 0.05) is 44.5 Å². The number of benzene rings is 1. The van der Waals surface area contributed by atoms with E-state index >= 15 is 0 Å². The molecular weight excluding hydrogens is 424 g/mol. The Morgan fingerprint density at radius 3 is 1.94 bits per heavy atom. The molecule has 8 heteroatoms. The Bertz CT molecular complexity index is 873. The van der Waals surface area contributed by atoms with Crippen LogP contribution in [0.25, 0.3) is 0 Å². The minimum absolute atomic E-state index is 0.0254. The minimum Gasteiger partial charge on any atom is -0.351 e. The third-order valence-electron chi connectivity index (χ3n) is 5.81. The minimum atomic E-state index is -0.0914. The molecule has 1 aromatic carbocycles. The summed E-state index contributed by atoms with van der Waals surface area (Å²) in [6, 6.07) is 11.0. The Kier molecular flexibility index (Phi) is 7.42. The van der Waals surface area contributed by atoms with Crippen LogP contribution >= 0.6 is 11.8 Å². The molecule has 0 unspecified atom stereocenters. The molecule has 2 aliphatic rings. The third-order valence-corrected chi connectivity index (χ3v) is 6.76. The zero-order valence-electron chi connectivity index (χ0n) is 18.1. The molecule has 0 radical (unpaired) electrons. The maximum Gasteiger partial charge on any atom is 0.255 e. The van der Waals surface area contributed by atoms with Gasteiger partial charge in [-0.2, -0.15) is 0 Å². The lowest BCUT2D eigenvalue weighted by molar-refractivity contribution is -0.118. The van der Waals surface area contributed by atoms with Gasteiger partial charge in [0.05, 0.1) is 16.3 Å². The fraction of sp³-hybridized carbons (Fsp3) is 0.417. The lowest BCUT2D eigenvalue weighted by atomic mass is 10.1. The average molecular weight is 453 g/mol. The van der Waals surface area contributed by atoms with Gasteiger partial charge in [-0.25, -0.2) is 4.98 Å². The predicted molar refractivity (Wildman–Crippen MR) is 124 cm³/mol. The Hall–Kier alpha value is -2.87. The smallest absolute Gasteiger partial charge is 0.255 e. The highest BCUT2D eigenvalue weighted by molar-refractivity contribution is 7.99. The summed E-state index contributed by atoms with van der Waals surface area (Å²) >= 11 is 1.34. The number of pyridine rings is 1. The number of aromatic nitrogens is 1. The lowest BCUT2D eigenvalue weighted by Crippen LogP contribution is -2.27. The van der Waals surface area contributed by atoms with E-state index in [2.05, 4.69) is 10.3 Å². The van der Waals surface area contributed by atoms with Gasteiger partial charge in [-0.1, -0.05) is 23.9 Å². The van der Waals surface area contributed by atoms with Gasteiger partial charge in [0.15, 0.2) is 0 Å². The van der Waals surface area contributed by atoms with Crippen LogP contribution in [0.15, 0.2) is 47.6 Å². The van der Waals surface area contributed by atoms with Gasteiger partial charge in [-0.3, -0.25) is 14.4 Å². The van der Waals surface area contributed by atoms with Crippen LogP contribution in [0.3, 0.4) is 0 Å². The van der Waals surface area contributed by atoms with Crippen molar-refractivity contribution in [2.24, 2.45) is 0 Å². The summed E-state index contributed by atoms with van der Waals surface area (Å²) in [7, 11) is 0. The van der Waals surface area contributed by atoms with Crippen molar-refractivity contribution < 1.29 is 14.4 Å². The van der Waals surface area contributed by atoms with Gasteiger partial charge in [-0.05, 0) is 55.5 Å². The second-order valence-electron chi connectivity index (χ2n) is 8.15. The van der Waals surface area contributed by atoms with Crippen molar-refractivity contribution in [2.45, 2.75) is 37.3 Å². The van der Waals surface area contributed by atoms with Crippen molar-refractivity contribution >= 4 is 29.5 Å². The molecule has 2 saturated heterocycles. The van der Waals surface area contributed by atoms with E-state index in [1.165, 1.54) is 11.8 Å². The fourth-order valence-corrected chi connectivity index (χ4v) is 4.63.